The fourth-order valence-corrected chi connectivity index (χ4v) is 2.59. The van der Waals surface area contributed by atoms with Crippen molar-refractivity contribution in [3.63, 3.8) is 0 Å². The first kappa shape index (κ1) is 15.1. The first-order valence-electron chi connectivity index (χ1n) is 6.41. The Balaban J connectivity index is 2.00. The third kappa shape index (κ3) is 3.61. The van der Waals surface area contributed by atoms with E-state index in [-0.39, 0.29) is 11.8 Å². The molecule has 2 amide bonds. The normalized spacial score (nSPS) is 10.0. The van der Waals surface area contributed by atoms with Crippen LogP contribution in [0, 0.1) is 6.92 Å². The second-order valence-corrected chi connectivity index (χ2v) is 5.70. The number of amides is 2. The van der Waals surface area contributed by atoms with Gasteiger partial charge in [0, 0.05) is 25.3 Å². The summed E-state index contributed by atoms with van der Waals surface area (Å²) in [5, 5.41) is 1.84. The van der Waals surface area contributed by atoms with Crippen molar-refractivity contribution in [3.8, 4) is 0 Å². The van der Waals surface area contributed by atoms with Gasteiger partial charge in [0.05, 0.1) is 4.88 Å². The lowest BCUT2D eigenvalue weighted by molar-refractivity contribution is 0.0848. The number of aryl methyl sites for hydroxylation is 1. The van der Waals surface area contributed by atoms with Crippen LogP contribution in [-0.2, 0) is 0 Å². The summed E-state index contributed by atoms with van der Waals surface area (Å²) in [7, 11) is 3.80. The number of anilines is 1. The average molecular weight is 303 g/mol. The van der Waals surface area contributed by atoms with Crippen molar-refractivity contribution in [2.45, 2.75) is 6.92 Å². The molecular formula is C15H17N3O2S. The maximum atomic E-state index is 12.0. The minimum atomic E-state index is -0.346. The number of rotatable bonds is 3. The van der Waals surface area contributed by atoms with Crippen LogP contribution in [0.1, 0.15) is 25.6 Å². The quantitative estimate of drug-likeness (QED) is 0.855. The summed E-state index contributed by atoms with van der Waals surface area (Å²) in [5.74, 6) is -0.652. The van der Waals surface area contributed by atoms with Crippen LogP contribution in [0.15, 0.2) is 35.7 Å². The molecule has 5 nitrogen and oxygen atoms in total. The van der Waals surface area contributed by atoms with Crippen molar-refractivity contribution in [1.82, 2.24) is 10.9 Å². The minimum absolute atomic E-state index is 0.306. The highest BCUT2D eigenvalue weighted by Crippen LogP contribution is 2.15. The molecule has 0 atom stereocenters. The monoisotopic (exact) mass is 303 g/mol. The van der Waals surface area contributed by atoms with Gasteiger partial charge in [-0.3, -0.25) is 20.4 Å². The molecule has 2 aromatic rings. The number of hydrogen-bond acceptors (Lipinski definition) is 4. The Morgan fingerprint density at radius 2 is 1.81 bits per heavy atom. The molecule has 0 aliphatic carbocycles. The fourth-order valence-electron chi connectivity index (χ4n) is 1.77. The maximum absolute atomic E-state index is 12.0. The van der Waals surface area contributed by atoms with E-state index in [0.29, 0.717) is 10.4 Å². The molecule has 2 N–H and O–H groups in total. The van der Waals surface area contributed by atoms with E-state index >= 15 is 0 Å². The number of carbonyl (C=O) groups excluding carboxylic acids is 2. The Hall–Kier alpha value is -2.34. The SMILES string of the molecule is Cc1ccsc1C(=O)NNC(=O)c1cccc(N(C)C)c1. The summed E-state index contributed by atoms with van der Waals surface area (Å²) in [6.45, 7) is 1.85. The Morgan fingerprint density at radius 1 is 1.10 bits per heavy atom. The standard InChI is InChI=1S/C15H17N3O2S/c1-10-7-8-21-13(10)15(20)17-16-14(19)11-5-4-6-12(9-11)18(2)3/h4-9H,1-3H3,(H,16,19)(H,17,20). The van der Waals surface area contributed by atoms with E-state index in [0.717, 1.165) is 11.3 Å². The van der Waals surface area contributed by atoms with E-state index in [1.165, 1.54) is 11.3 Å². The first-order chi connectivity index (χ1) is 9.99. The van der Waals surface area contributed by atoms with Gasteiger partial charge in [-0.1, -0.05) is 6.07 Å². The Kier molecular flexibility index (Phi) is 4.59. The maximum Gasteiger partial charge on any atom is 0.280 e. The number of hydrogen-bond donors (Lipinski definition) is 2. The number of carbonyl (C=O) groups is 2. The third-order valence-corrected chi connectivity index (χ3v) is 4.00. The summed E-state index contributed by atoms with van der Waals surface area (Å²) in [5.41, 5.74) is 7.16. The molecule has 0 unspecified atom stereocenters. The van der Waals surface area contributed by atoms with Crippen molar-refractivity contribution in [1.29, 1.82) is 0 Å². The number of thiophene rings is 1. The lowest BCUT2D eigenvalue weighted by atomic mass is 10.2. The van der Waals surface area contributed by atoms with Crippen LogP contribution in [-0.4, -0.2) is 25.9 Å². The fraction of sp³-hybridized carbons (Fsp3) is 0.200. The van der Waals surface area contributed by atoms with Crippen LogP contribution in [0.4, 0.5) is 5.69 Å². The highest BCUT2D eigenvalue weighted by molar-refractivity contribution is 7.12. The van der Waals surface area contributed by atoms with E-state index in [1.54, 1.807) is 18.2 Å². The first-order valence-corrected chi connectivity index (χ1v) is 7.29. The minimum Gasteiger partial charge on any atom is -0.378 e. The summed E-state index contributed by atoms with van der Waals surface area (Å²) >= 11 is 1.34. The molecule has 1 aromatic carbocycles. The predicted octanol–water partition coefficient (Wildman–Crippen LogP) is 2.20. The van der Waals surface area contributed by atoms with Crippen molar-refractivity contribution >= 4 is 28.8 Å². The summed E-state index contributed by atoms with van der Waals surface area (Å²) in [4.78, 5) is 26.5. The van der Waals surface area contributed by atoms with E-state index in [1.807, 2.05) is 43.4 Å². The third-order valence-electron chi connectivity index (χ3n) is 2.98. The molecule has 0 saturated heterocycles. The molecule has 0 spiro atoms. The number of benzene rings is 1. The van der Waals surface area contributed by atoms with Crippen LogP contribution in [0.5, 0.6) is 0 Å². The summed E-state index contributed by atoms with van der Waals surface area (Å²) < 4.78 is 0. The van der Waals surface area contributed by atoms with Gasteiger partial charge in [-0.2, -0.15) is 0 Å². The van der Waals surface area contributed by atoms with Gasteiger partial charge in [0.15, 0.2) is 0 Å². The lowest BCUT2D eigenvalue weighted by Crippen LogP contribution is -2.41. The van der Waals surface area contributed by atoms with Gasteiger partial charge in [0.2, 0.25) is 0 Å². The van der Waals surface area contributed by atoms with Gasteiger partial charge in [-0.25, -0.2) is 0 Å². The van der Waals surface area contributed by atoms with Crippen molar-refractivity contribution < 1.29 is 9.59 Å². The Morgan fingerprint density at radius 3 is 2.43 bits per heavy atom. The molecule has 110 valence electrons. The van der Waals surface area contributed by atoms with Crippen LogP contribution >= 0.6 is 11.3 Å². The van der Waals surface area contributed by atoms with Crippen LogP contribution < -0.4 is 15.8 Å². The molecule has 0 fully saturated rings. The molecular weight excluding hydrogens is 286 g/mol. The highest BCUT2D eigenvalue weighted by Gasteiger charge is 2.12. The summed E-state index contributed by atoms with van der Waals surface area (Å²) in [6.07, 6.45) is 0. The van der Waals surface area contributed by atoms with Gasteiger partial charge in [0.1, 0.15) is 0 Å². The van der Waals surface area contributed by atoms with Gasteiger partial charge in [-0.05, 0) is 42.1 Å². The summed E-state index contributed by atoms with van der Waals surface area (Å²) in [6, 6.07) is 9.03. The van der Waals surface area contributed by atoms with E-state index < -0.39 is 0 Å². The molecule has 0 bridgehead atoms. The van der Waals surface area contributed by atoms with Crippen molar-refractivity contribution in [3.05, 3.63) is 51.7 Å². The van der Waals surface area contributed by atoms with Crippen LogP contribution in [0.2, 0.25) is 0 Å². The topological polar surface area (TPSA) is 61.4 Å². The largest absolute Gasteiger partial charge is 0.378 e. The Bertz CT molecular complexity index is 664. The van der Waals surface area contributed by atoms with E-state index in [2.05, 4.69) is 10.9 Å². The average Bonchev–Trinajstić information content (AvgIpc) is 2.90. The molecule has 21 heavy (non-hydrogen) atoms. The molecule has 1 aromatic heterocycles. The van der Waals surface area contributed by atoms with E-state index in [4.69, 9.17) is 0 Å². The van der Waals surface area contributed by atoms with Crippen LogP contribution in [0.3, 0.4) is 0 Å². The lowest BCUT2D eigenvalue weighted by Gasteiger charge is -2.13. The molecule has 0 aliphatic rings. The predicted molar refractivity (Wildman–Crippen MR) is 84.8 cm³/mol. The molecule has 2 rings (SSSR count). The molecule has 0 aliphatic heterocycles. The molecule has 0 radical (unpaired) electrons. The van der Waals surface area contributed by atoms with Crippen LogP contribution in [0.25, 0.3) is 0 Å². The van der Waals surface area contributed by atoms with Gasteiger partial charge >= 0.3 is 0 Å². The number of nitrogens with zero attached hydrogens (tertiary/aromatic N) is 1. The van der Waals surface area contributed by atoms with E-state index in [9.17, 15) is 9.59 Å². The van der Waals surface area contributed by atoms with Gasteiger partial charge in [-0.15, -0.1) is 11.3 Å². The zero-order valence-electron chi connectivity index (χ0n) is 12.1. The molecule has 6 heteroatoms. The molecule has 1 heterocycles. The Labute approximate surface area is 127 Å². The second kappa shape index (κ2) is 6.41. The zero-order chi connectivity index (χ0) is 15.4. The highest BCUT2D eigenvalue weighted by atomic mass is 32.1. The zero-order valence-corrected chi connectivity index (χ0v) is 13.0. The smallest absolute Gasteiger partial charge is 0.280 e. The van der Waals surface area contributed by atoms with Crippen molar-refractivity contribution in [2.24, 2.45) is 0 Å². The number of nitrogens with one attached hydrogen (secondary N) is 2. The van der Waals surface area contributed by atoms with Gasteiger partial charge in [0.25, 0.3) is 11.8 Å². The molecule has 0 saturated carbocycles. The number of hydrazine groups is 1. The van der Waals surface area contributed by atoms with Gasteiger partial charge < -0.3 is 4.90 Å². The van der Waals surface area contributed by atoms with Crippen molar-refractivity contribution in [2.75, 3.05) is 19.0 Å². The second-order valence-electron chi connectivity index (χ2n) is 4.79.